The lowest BCUT2D eigenvalue weighted by Crippen LogP contribution is -2.36. The summed E-state index contributed by atoms with van der Waals surface area (Å²) < 4.78 is 2.82. The summed E-state index contributed by atoms with van der Waals surface area (Å²) in [5.41, 5.74) is 12.0. The first-order chi connectivity index (χ1) is 6.69. The molecule has 2 aliphatic rings. The van der Waals surface area contributed by atoms with Crippen molar-refractivity contribution in [2.45, 2.75) is 44.4 Å². The number of hydrogen-bond acceptors (Lipinski definition) is 2. The van der Waals surface area contributed by atoms with E-state index in [1.54, 1.807) is 0 Å². The molecule has 4 nitrogen and oxygen atoms in total. The molecular formula is C11H22N4+2. The van der Waals surface area contributed by atoms with E-state index in [0.717, 1.165) is 10.9 Å². The molecule has 1 saturated heterocycles. The van der Waals surface area contributed by atoms with Crippen LogP contribution >= 0.6 is 0 Å². The summed E-state index contributed by atoms with van der Waals surface area (Å²) in [6.45, 7) is 6.21. The van der Waals surface area contributed by atoms with Gasteiger partial charge in [0.1, 0.15) is 7.05 Å². The average molecular weight is 210 g/mol. The Hall–Kier alpha value is -0.710. The first kappa shape index (κ1) is 10.8. The number of hydrogen-bond donors (Lipinski definition) is 2. The van der Waals surface area contributed by atoms with Crippen molar-refractivity contribution in [2.24, 2.45) is 11.5 Å². The van der Waals surface area contributed by atoms with E-state index in [1.165, 1.54) is 0 Å². The maximum atomic E-state index is 6.33. The van der Waals surface area contributed by atoms with E-state index in [2.05, 4.69) is 44.1 Å². The van der Waals surface area contributed by atoms with Gasteiger partial charge in [0.15, 0.2) is 12.2 Å². The van der Waals surface area contributed by atoms with Gasteiger partial charge in [-0.25, -0.2) is 0 Å². The minimum Gasteiger partial charge on any atom is -0.325 e. The van der Waals surface area contributed by atoms with Crippen LogP contribution < -0.4 is 11.5 Å². The van der Waals surface area contributed by atoms with E-state index in [1.807, 2.05) is 7.05 Å². The van der Waals surface area contributed by atoms with Crippen molar-refractivity contribution in [2.75, 3.05) is 7.05 Å². The van der Waals surface area contributed by atoms with Crippen LogP contribution in [0.2, 0.25) is 0 Å². The summed E-state index contributed by atoms with van der Waals surface area (Å²) in [4.78, 5) is 0. The first-order valence-electron chi connectivity index (χ1n) is 5.42. The fourth-order valence-corrected chi connectivity index (χ4v) is 2.62. The summed E-state index contributed by atoms with van der Waals surface area (Å²) in [7, 11) is 2.03. The molecule has 3 atom stereocenters. The second-order valence-corrected chi connectivity index (χ2v) is 5.85. The van der Waals surface area contributed by atoms with Crippen molar-refractivity contribution >= 4 is 6.34 Å². The summed E-state index contributed by atoms with van der Waals surface area (Å²) in [6.07, 6.45) is 7.33. The highest BCUT2D eigenvalue weighted by atomic mass is 15.6. The molecule has 15 heavy (non-hydrogen) atoms. The van der Waals surface area contributed by atoms with Crippen molar-refractivity contribution in [1.82, 2.24) is 0 Å². The SMILES string of the molecule is C[N+]1=C[N+]2(C=C1)C(CC(C)(C)N)C2(C)N. The van der Waals surface area contributed by atoms with Crippen molar-refractivity contribution < 1.29 is 9.06 Å². The molecule has 2 heterocycles. The van der Waals surface area contributed by atoms with Gasteiger partial charge >= 0.3 is 6.34 Å². The average Bonchev–Trinajstić information content (AvgIpc) is 2.47. The van der Waals surface area contributed by atoms with E-state index in [0.29, 0.717) is 6.04 Å². The smallest absolute Gasteiger partial charge is 0.325 e. The van der Waals surface area contributed by atoms with Gasteiger partial charge in [-0.15, -0.1) is 0 Å². The molecule has 0 aromatic heterocycles. The molecule has 0 aromatic rings. The largest absolute Gasteiger partial charge is 0.338 e. The summed E-state index contributed by atoms with van der Waals surface area (Å²) in [6, 6.07) is 0.402. The highest BCUT2D eigenvalue weighted by Gasteiger charge is 2.77. The van der Waals surface area contributed by atoms with Gasteiger partial charge in [0.2, 0.25) is 11.9 Å². The first-order valence-corrected chi connectivity index (χ1v) is 5.42. The Morgan fingerprint density at radius 1 is 1.53 bits per heavy atom. The lowest BCUT2D eigenvalue weighted by atomic mass is 9.97. The highest BCUT2D eigenvalue weighted by molar-refractivity contribution is 5.49. The summed E-state index contributed by atoms with van der Waals surface area (Å²) in [5, 5.41) is 0. The van der Waals surface area contributed by atoms with Crippen molar-refractivity contribution in [3.8, 4) is 0 Å². The van der Waals surface area contributed by atoms with Gasteiger partial charge in [-0.3, -0.25) is 5.73 Å². The van der Waals surface area contributed by atoms with Gasteiger partial charge in [-0.1, -0.05) is 0 Å². The predicted octanol–water partition coefficient (Wildman–Crippen LogP) is 0.143. The van der Waals surface area contributed by atoms with Gasteiger partial charge in [0.05, 0.1) is 0 Å². The van der Waals surface area contributed by atoms with Gasteiger partial charge in [-0.05, 0) is 13.8 Å². The topological polar surface area (TPSA) is 55.0 Å². The van der Waals surface area contributed by atoms with E-state index < -0.39 is 0 Å². The predicted molar refractivity (Wildman–Crippen MR) is 60.9 cm³/mol. The van der Waals surface area contributed by atoms with Crippen LogP contribution in [-0.4, -0.2) is 39.7 Å². The fraction of sp³-hybridized carbons (Fsp3) is 0.727. The maximum absolute atomic E-state index is 6.33. The van der Waals surface area contributed by atoms with Gasteiger partial charge in [0.25, 0.3) is 0 Å². The lowest BCUT2D eigenvalue weighted by Gasteiger charge is -2.16. The molecule has 84 valence electrons. The molecule has 1 spiro atoms. The molecule has 4 heteroatoms. The third-order valence-electron chi connectivity index (χ3n) is 3.60. The van der Waals surface area contributed by atoms with Crippen LogP contribution in [0.5, 0.6) is 0 Å². The summed E-state index contributed by atoms with van der Waals surface area (Å²) >= 11 is 0. The Morgan fingerprint density at radius 2 is 2.13 bits per heavy atom. The fourth-order valence-electron chi connectivity index (χ4n) is 2.62. The third kappa shape index (κ3) is 1.44. The van der Waals surface area contributed by atoms with Gasteiger partial charge < -0.3 is 5.73 Å². The van der Waals surface area contributed by atoms with Crippen LogP contribution in [0.25, 0.3) is 0 Å². The zero-order chi connectivity index (χ0) is 11.5. The third-order valence-corrected chi connectivity index (χ3v) is 3.60. The van der Waals surface area contributed by atoms with E-state index >= 15 is 0 Å². The minimum atomic E-state index is -0.197. The van der Waals surface area contributed by atoms with Crippen LogP contribution in [-0.2, 0) is 0 Å². The normalized spacial score (nSPS) is 43.6. The van der Waals surface area contributed by atoms with Crippen LogP contribution in [0.15, 0.2) is 12.4 Å². The van der Waals surface area contributed by atoms with Crippen molar-refractivity contribution in [3.63, 3.8) is 0 Å². The molecule has 2 rings (SSSR count). The monoisotopic (exact) mass is 210 g/mol. The maximum Gasteiger partial charge on any atom is 0.338 e. The van der Waals surface area contributed by atoms with Gasteiger partial charge in [0, 0.05) is 18.9 Å². The molecule has 3 unspecified atom stereocenters. The quantitative estimate of drug-likeness (QED) is 0.387. The van der Waals surface area contributed by atoms with E-state index in [9.17, 15) is 0 Å². The Kier molecular flexibility index (Phi) is 1.94. The molecule has 0 radical (unpaired) electrons. The molecule has 4 N–H and O–H groups in total. The number of nitrogens with zero attached hydrogens (tertiary/aromatic N) is 2. The molecule has 2 aliphatic heterocycles. The summed E-state index contributed by atoms with van der Waals surface area (Å²) in [5.74, 6) is 0. The second-order valence-electron chi connectivity index (χ2n) is 5.85. The zero-order valence-corrected chi connectivity index (χ0v) is 10.1. The molecule has 0 amide bonds. The van der Waals surface area contributed by atoms with E-state index in [4.69, 9.17) is 11.5 Å². The second kappa shape index (κ2) is 2.70. The Morgan fingerprint density at radius 3 is 2.53 bits per heavy atom. The molecule has 0 bridgehead atoms. The van der Waals surface area contributed by atoms with Crippen molar-refractivity contribution in [1.29, 1.82) is 0 Å². The molecule has 0 aromatic carbocycles. The molecule has 0 aliphatic carbocycles. The number of nitrogens with two attached hydrogens (primary N) is 2. The molecule has 1 fully saturated rings. The van der Waals surface area contributed by atoms with Crippen molar-refractivity contribution in [3.05, 3.63) is 12.4 Å². The van der Waals surface area contributed by atoms with E-state index in [-0.39, 0.29) is 11.2 Å². The Labute approximate surface area is 91.4 Å². The highest BCUT2D eigenvalue weighted by Crippen LogP contribution is 2.50. The molecular weight excluding hydrogens is 188 g/mol. The Balaban J connectivity index is 2.22. The number of rotatable bonds is 2. The van der Waals surface area contributed by atoms with Gasteiger partial charge in [-0.2, -0.15) is 9.06 Å². The van der Waals surface area contributed by atoms with Crippen LogP contribution in [0.4, 0.5) is 0 Å². The minimum absolute atomic E-state index is 0.157. The molecule has 0 saturated carbocycles. The Bertz CT molecular complexity index is 348. The zero-order valence-electron chi connectivity index (χ0n) is 10.1. The number of quaternary nitrogens is 1. The lowest BCUT2D eigenvalue weighted by molar-refractivity contribution is -0.692. The van der Waals surface area contributed by atoms with Crippen LogP contribution in [0.1, 0.15) is 27.2 Å². The van der Waals surface area contributed by atoms with Crippen LogP contribution in [0, 0.1) is 0 Å². The van der Waals surface area contributed by atoms with Crippen LogP contribution in [0.3, 0.4) is 0 Å². The standard InChI is InChI=1S/C11H22N4/c1-10(2,12)7-9-11(3,13)15(9)6-5-14(4)8-15/h5-6,8-9H,7,12-13H2,1-4H3/q+2.